The summed E-state index contributed by atoms with van der Waals surface area (Å²) >= 11 is 0. The SMILES string of the molecule is COC(=O)CCC(=O)N[C@H](C(=O)N1CCC[C@H]1C(=O)N[C@@H](Cc1ccccc1)C(=O)C(F)(F)F)C(C)C. The molecule has 1 aliphatic rings. The van der Waals surface area contributed by atoms with Crippen LogP contribution in [0.3, 0.4) is 0 Å². The number of amides is 3. The molecule has 3 amide bonds. The van der Waals surface area contributed by atoms with E-state index in [1.54, 1.807) is 44.2 Å². The van der Waals surface area contributed by atoms with E-state index in [0.29, 0.717) is 12.0 Å². The van der Waals surface area contributed by atoms with Crippen LogP contribution in [0.2, 0.25) is 0 Å². The van der Waals surface area contributed by atoms with Crippen molar-refractivity contribution in [3.8, 4) is 0 Å². The van der Waals surface area contributed by atoms with Crippen LogP contribution in [0, 0.1) is 5.92 Å². The first-order valence-electron chi connectivity index (χ1n) is 12.0. The molecule has 3 atom stereocenters. The number of alkyl halides is 3. The van der Waals surface area contributed by atoms with Crippen molar-refractivity contribution in [2.24, 2.45) is 5.92 Å². The average molecular weight is 528 g/mol. The molecule has 2 rings (SSSR count). The van der Waals surface area contributed by atoms with Crippen molar-refractivity contribution in [2.45, 2.75) is 70.3 Å². The molecule has 1 aromatic carbocycles. The monoisotopic (exact) mass is 527 g/mol. The normalized spacial score (nSPS) is 17.2. The molecule has 204 valence electrons. The van der Waals surface area contributed by atoms with Gasteiger partial charge in [-0.05, 0) is 24.3 Å². The minimum Gasteiger partial charge on any atom is -0.469 e. The van der Waals surface area contributed by atoms with Crippen LogP contribution in [0.5, 0.6) is 0 Å². The Bertz CT molecular complexity index is 984. The van der Waals surface area contributed by atoms with Gasteiger partial charge in [0.25, 0.3) is 5.78 Å². The molecule has 2 N–H and O–H groups in total. The summed E-state index contributed by atoms with van der Waals surface area (Å²) in [5.41, 5.74) is 0.430. The fourth-order valence-corrected chi connectivity index (χ4v) is 4.08. The highest BCUT2D eigenvalue weighted by atomic mass is 19.4. The number of carbonyl (C=O) groups is 5. The van der Waals surface area contributed by atoms with Crippen LogP contribution in [-0.2, 0) is 35.1 Å². The third kappa shape index (κ3) is 8.57. The molecule has 0 spiro atoms. The number of benzene rings is 1. The van der Waals surface area contributed by atoms with Crippen molar-refractivity contribution in [1.82, 2.24) is 15.5 Å². The smallest absolute Gasteiger partial charge is 0.452 e. The molecule has 1 aromatic rings. The van der Waals surface area contributed by atoms with Crippen molar-refractivity contribution < 1.29 is 41.9 Å². The Balaban J connectivity index is 2.15. The topological polar surface area (TPSA) is 122 Å². The molecule has 1 heterocycles. The molecule has 1 saturated heterocycles. The molecular weight excluding hydrogens is 495 g/mol. The first kappa shape index (κ1) is 29.8. The van der Waals surface area contributed by atoms with Crippen LogP contribution in [-0.4, -0.2) is 72.3 Å². The fraction of sp³-hybridized carbons (Fsp3) is 0.560. The maximum atomic E-state index is 13.3. The third-order valence-electron chi connectivity index (χ3n) is 6.07. The Morgan fingerprint density at radius 2 is 1.70 bits per heavy atom. The zero-order valence-corrected chi connectivity index (χ0v) is 21.0. The number of esters is 1. The Kier molecular flexibility index (Phi) is 10.6. The van der Waals surface area contributed by atoms with Crippen molar-refractivity contribution in [3.63, 3.8) is 0 Å². The van der Waals surface area contributed by atoms with Gasteiger partial charge < -0.3 is 20.3 Å². The lowest BCUT2D eigenvalue weighted by atomic mass is 10.0. The summed E-state index contributed by atoms with van der Waals surface area (Å²) in [5.74, 6) is -5.05. The number of ketones is 1. The summed E-state index contributed by atoms with van der Waals surface area (Å²) < 4.78 is 44.3. The van der Waals surface area contributed by atoms with E-state index >= 15 is 0 Å². The summed E-state index contributed by atoms with van der Waals surface area (Å²) in [6, 6.07) is 4.00. The summed E-state index contributed by atoms with van der Waals surface area (Å²) in [6.45, 7) is 3.53. The minimum absolute atomic E-state index is 0.161. The molecule has 12 heteroatoms. The molecule has 0 aliphatic carbocycles. The number of halogens is 3. The number of nitrogens with one attached hydrogen (secondary N) is 2. The number of nitrogens with zero attached hydrogens (tertiary/aromatic N) is 1. The fourth-order valence-electron chi connectivity index (χ4n) is 4.08. The molecule has 1 aliphatic heterocycles. The van der Waals surface area contributed by atoms with E-state index in [9.17, 15) is 37.1 Å². The van der Waals surface area contributed by atoms with E-state index in [0.717, 1.165) is 0 Å². The Labute approximate surface area is 213 Å². The molecular formula is C25H32F3N3O6. The summed E-state index contributed by atoms with van der Waals surface area (Å²) in [4.78, 5) is 63.2. The van der Waals surface area contributed by atoms with Gasteiger partial charge in [-0.2, -0.15) is 13.2 Å². The second kappa shape index (κ2) is 13.2. The van der Waals surface area contributed by atoms with Gasteiger partial charge in [0, 0.05) is 19.4 Å². The van der Waals surface area contributed by atoms with Crippen LogP contribution in [0.25, 0.3) is 0 Å². The minimum atomic E-state index is -5.16. The maximum absolute atomic E-state index is 13.3. The van der Waals surface area contributed by atoms with Gasteiger partial charge in [0.1, 0.15) is 18.1 Å². The van der Waals surface area contributed by atoms with Gasteiger partial charge in [0.15, 0.2) is 0 Å². The van der Waals surface area contributed by atoms with Gasteiger partial charge in [-0.3, -0.25) is 24.0 Å². The number of rotatable bonds is 11. The second-order valence-corrected chi connectivity index (χ2v) is 9.17. The Hall–Kier alpha value is -3.44. The third-order valence-corrected chi connectivity index (χ3v) is 6.07. The van der Waals surface area contributed by atoms with Gasteiger partial charge in [-0.15, -0.1) is 0 Å². The van der Waals surface area contributed by atoms with Crippen molar-refractivity contribution in [3.05, 3.63) is 35.9 Å². The summed E-state index contributed by atoms with van der Waals surface area (Å²) in [6.07, 6.45) is -5.29. The number of hydrogen-bond donors (Lipinski definition) is 2. The number of Topliss-reactive ketones (excluding diaryl/α,β-unsaturated/α-hetero) is 1. The zero-order chi connectivity index (χ0) is 27.8. The van der Waals surface area contributed by atoms with Gasteiger partial charge in [0.05, 0.1) is 13.5 Å². The molecule has 0 saturated carbocycles. The lowest BCUT2D eigenvalue weighted by Gasteiger charge is -2.31. The second-order valence-electron chi connectivity index (χ2n) is 9.17. The highest BCUT2D eigenvalue weighted by Gasteiger charge is 2.45. The molecule has 0 bridgehead atoms. The lowest BCUT2D eigenvalue weighted by Crippen LogP contribution is -2.57. The first-order valence-corrected chi connectivity index (χ1v) is 12.0. The molecule has 0 aromatic heterocycles. The number of ether oxygens (including phenoxy) is 1. The Morgan fingerprint density at radius 3 is 2.27 bits per heavy atom. The molecule has 37 heavy (non-hydrogen) atoms. The predicted octanol–water partition coefficient (Wildman–Crippen LogP) is 1.93. The van der Waals surface area contributed by atoms with Crippen LogP contribution in [0.4, 0.5) is 13.2 Å². The number of likely N-dealkylation sites (tertiary alicyclic amines) is 1. The van der Waals surface area contributed by atoms with Crippen LogP contribution in [0.15, 0.2) is 30.3 Å². The standard InChI is InChI=1S/C25H32F3N3O6/c1-15(2)21(30-19(32)11-12-20(33)37-3)24(36)31-13-7-10-18(31)23(35)29-17(22(34)25(26,27)28)14-16-8-5-4-6-9-16/h4-6,8-9,15,17-18,21H,7,10-14H2,1-3H3,(H,29,35)(H,30,32)/t17-,18-,21-/m0/s1. The Morgan fingerprint density at radius 1 is 1.05 bits per heavy atom. The lowest BCUT2D eigenvalue weighted by molar-refractivity contribution is -0.173. The largest absolute Gasteiger partial charge is 0.469 e. The van der Waals surface area contributed by atoms with E-state index in [1.165, 1.54) is 12.0 Å². The van der Waals surface area contributed by atoms with Crippen molar-refractivity contribution >= 4 is 29.5 Å². The van der Waals surface area contributed by atoms with Gasteiger partial charge in [-0.1, -0.05) is 44.2 Å². The van der Waals surface area contributed by atoms with E-state index < -0.39 is 53.8 Å². The van der Waals surface area contributed by atoms with Crippen LogP contribution < -0.4 is 10.6 Å². The summed E-state index contributed by atoms with van der Waals surface area (Å²) in [7, 11) is 1.19. The molecule has 0 radical (unpaired) electrons. The van der Waals surface area contributed by atoms with Crippen LogP contribution in [0.1, 0.15) is 45.1 Å². The van der Waals surface area contributed by atoms with E-state index in [4.69, 9.17) is 0 Å². The number of hydrogen-bond acceptors (Lipinski definition) is 6. The molecule has 9 nitrogen and oxygen atoms in total. The highest BCUT2D eigenvalue weighted by molar-refractivity contribution is 5.96. The van der Waals surface area contributed by atoms with Gasteiger partial charge in [0.2, 0.25) is 17.7 Å². The zero-order valence-electron chi connectivity index (χ0n) is 21.0. The first-order chi connectivity index (χ1) is 17.3. The van der Waals surface area contributed by atoms with E-state index in [2.05, 4.69) is 15.4 Å². The molecule has 0 unspecified atom stereocenters. The summed E-state index contributed by atoms with van der Waals surface area (Å²) in [5, 5.41) is 4.78. The predicted molar refractivity (Wildman–Crippen MR) is 126 cm³/mol. The van der Waals surface area contributed by atoms with Crippen molar-refractivity contribution in [2.75, 3.05) is 13.7 Å². The van der Waals surface area contributed by atoms with Crippen molar-refractivity contribution in [1.29, 1.82) is 0 Å². The quantitative estimate of drug-likeness (QED) is 0.424. The van der Waals surface area contributed by atoms with E-state index in [-0.39, 0.29) is 38.1 Å². The van der Waals surface area contributed by atoms with Gasteiger partial charge >= 0.3 is 12.1 Å². The maximum Gasteiger partial charge on any atom is 0.452 e. The molecule has 1 fully saturated rings. The number of methoxy groups -OCH3 is 1. The van der Waals surface area contributed by atoms with Crippen LogP contribution >= 0.6 is 0 Å². The highest BCUT2D eigenvalue weighted by Crippen LogP contribution is 2.23. The van der Waals surface area contributed by atoms with Gasteiger partial charge in [-0.25, -0.2) is 0 Å². The average Bonchev–Trinajstić information content (AvgIpc) is 3.34. The van der Waals surface area contributed by atoms with E-state index in [1.807, 2.05) is 0 Å². The number of carbonyl (C=O) groups excluding carboxylic acids is 5.